The molecule has 0 saturated heterocycles. The number of hydrogen-bond donors (Lipinski definition) is 2. The van der Waals surface area contributed by atoms with Crippen LogP contribution in [-0.2, 0) is 5.41 Å². The highest BCUT2D eigenvalue weighted by atomic mass is 35.5. The van der Waals surface area contributed by atoms with Gasteiger partial charge in [-0.05, 0) is 49.6 Å². The van der Waals surface area contributed by atoms with Gasteiger partial charge in [-0.15, -0.1) is 0 Å². The van der Waals surface area contributed by atoms with Crippen molar-refractivity contribution in [1.82, 2.24) is 10.3 Å². The lowest BCUT2D eigenvalue weighted by Gasteiger charge is -2.17. The summed E-state index contributed by atoms with van der Waals surface area (Å²) in [4.78, 5) is 15.9. The molecule has 0 unspecified atom stereocenters. The molecule has 1 amide bonds. The third-order valence-corrected chi connectivity index (χ3v) is 5.19. The second kappa shape index (κ2) is 5.67. The van der Waals surface area contributed by atoms with E-state index in [1.165, 1.54) is 16.6 Å². The predicted octanol–water partition coefficient (Wildman–Crippen LogP) is 4.59. The van der Waals surface area contributed by atoms with E-state index in [4.69, 9.17) is 11.6 Å². The molecule has 1 aliphatic rings. The monoisotopic (exact) mass is 338 g/mol. The number of halogens is 1. The molecule has 3 nitrogen and oxygen atoms in total. The van der Waals surface area contributed by atoms with Crippen LogP contribution in [0, 0.1) is 6.92 Å². The standard InChI is InChI=1S/C20H19ClN2O/c1-13-18(16-7-2-3-8-17(16)23-13)20(9-10-20)12-22-19(24)14-5-4-6-15(21)11-14/h2-8,11,23H,9-10,12H2,1H3,(H,22,24). The van der Waals surface area contributed by atoms with E-state index in [0.717, 1.165) is 18.4 Å². The topological polar surface area (TPSA) is 44.9 Å². The number of rotatable bonds is 4. The average molecular weight is 339 g/mol. The Hall–Kier alpha value is -2.26. The van der Waals surface area contributed by atoms with E-state index in [0.29, 0.717) is 17.1 Å². The van der Waals surface area contributed by atoms with Gasteiger partial charge in [0, 0.05) is 39.1 Å². The minimum Gasteiger partial charge on any atom is -0.358 e. The minimum absolute atomic E-state index is 0.0535. The molecule has 1 saturated carbocycles. The van der Waals surface area contributed by atoms with Gasteiger partial charge < -0.3 is 10.3 Å². The van der Waals surface area contributed by atoms with E-state index in [-0.39, 0.29) is 11.3 Å². The molecule has 4 rings (SSSR count). The molecule has 122 valence electrons. The van der Waals surface area contributed by atoms with Crippen molar-refractivity contribution in [1.29, 1.82) is 0 Å². The van der Waals surface area contributed by atoms with Crippen LogP contribution >= 0.6 is 11.6 Å². The molecular formula is C20H19ClN2O. The molecule has 0 radical (unpaired) electrons. The maximum atomic E-state index is 12.4. The summed E-state index contributed by atoms with van der Waals surface area (Å²) in [6.45, 7) is 2.77. The smallest absolute Gasteiger partial charge is 0.251 e. The van der Waals surface area contributed by atoms with Crippen LogP contribution in [0.5, 0.6) is 0 Å². The van der Waals surface area contributed by atoms with Crippen LogP contribution in [0.2, 0.25) is 5.02 Å². The molecule has 2 N–H and O–H groups in total. The highest BCUT2D eigenvalue weighted by molar-refractivity contribution is 6.30. The van der Waals surface area contributed by atoms with E-state index in [2.05, 4.69) is 35.4 Å². The van der Waals surface area contributed by atoms with E-state index in [1.54, 1.807) is 24.3 Å². The summed E-state index contributed by atoms with van der Waals surface area (Å²) in [7, 11) is 0. The zero-order valence-corrected chi connectivity index (χ0v) is 14.3. The maximum absolute atomic E-state index is 12.4. The zero-order valence-electron chi connectivity index (χ0n) is 13.5. The van der Waals surface area contributed by atoms with E-state index >= 15 is 0 Å². The minimum atomic E-state index is -0.0683. The van der Waals surface area contributed by atoms with Gasteiger partial charge in [0.25, 0.3) is 5.91 Å². The molecule has 1 aromatic heterocycles. The first-order valence-electron chi connectivity index (χ1n) is 8.21. The number of benzene rings is 2. The number of aromatic amines is 1. The molecule has 0 atom stereocenters. The molecule has 0 bridgehead atoms. The lowest BCUT2D eigenvalue weighted by molar-refractivity contribution is 0.0949. The summed E-state index contributed by atoms with van der Waals surface area (Å²) >= 11 is 5.97. The molecule has 3 aromatic rings. The van der Waals surface area contributed by atoms with Crippen LogP contribution in [0.3, 0.4) is 0 Å². The van der Waals surface area contributed by atoms with Crippen LogP contribution in [0.1, 0.15) is 34.5 Å². The Balaban J connectivity index is 1.58. The van der Waals surface area contributed by atoms with Crippen LogP contribution in [0.15, 0.2) is 48.5 Å². The lowest BCUT2D eigenvalue weighted by atomic mass is 9.93. The number of fused-ring (bicyclic) bond motifs is 1. The normalized spacial score (nSPS) is 15.4. The van der Waals surface area contributed by atoms with Gasteiger partial charge in [0.2, 0.25) is 0 Å². The first-order chi connectivity index (χ1) is 11.6. The number of carbonyl (C=O) groups excluding carboxylic acids is 1. The highest BCUT2D eigenvalue weighted by Gasteiger charge is 2.46. The molecule has 0 spiro atoms. The number of nitrogens with one attached hydrogen (secondary N) is 2. The number of aryl methyl sites for hydroxylation is 1. The summed E-state index contributed by atoms with van der Waals surface area (Å²) < 4.78 is 0. The lowest BCUT2D eigenvalue weighted by Crippen LogP contribution is -2.32. The third kappa shape index (κ3) is 2.59. The summed E-state index contributed by atoms with van der Waals surface area (Å²) in [6, 6.07) is 15.4. The van der Waals surface area contributed by atoms with Gasteiger partial charge in [-0.3, -0.25) is 4.79 Å². The Bertz CT molecular complexity index is 924. The molecule has 4 heteroatoms. The molecule has 2 aromatic carbocycles. The Morgan fingerprint density at radius 3 is 2.75 bits per heavy atom. The van der Waals surface area contributed by atoms with Crippen LogP contribution in [0.25, 0.3) is 10.9 Å². The summed E-state index contributed by atoms with van der Waals surface area (Å²) in [5, 5.41) is 4.95. The van der Waals surface area contributed by atoms with Crippen molar-refractivity contribution in [2.75, 3.05) is 6.54 Å². The van der Waals surface area contributed by atoms with Crippen molar-refractivity contribution < 1.29 is 4.79 Å². The van der Waals surface area contributed by atoms with Gasteiger partial charge in [-0.2, -0.15) is 0 Å². The Kier molecular flexibility index (Phi) is 3.61. The largest absolute Gasteiger partial charge is 0.358 e. The Labute approximate surface area is 146 Å². The fourth-order valence-electron chi connectivity index (χ4n) is 3.61. The summed E-state index contributed by atoms with van der Waals surface area (Å²) in [5.74, 6) is -0.0683. The van der Waals surface area contributed by atoms with E-state index in [9.17, 15) is 4.79 Å². The van der Waals surface area contributed by atoms with Gasteiger partial charge in [0.05, 0.1) is 0 Å². The summed E-state index contributed by atoms with van der Waals surface area (Å²) in [6.07, 6.45) is 2.21. The molecule has 1 heterocycles. The van der Waals surface area contributed by atoms with Gasteiger partial charge in [-0.1, -0.05) is 35.9 Å². The van der Waals surface area contributed by atoms with Crippen LogP contribution < -0.4 is 5.32 Å². The molecular weight excluding hydrogens is 320 g/mol. The van der Waals surface area contributed by atoms with Crippen LogP contribution in [-0.4, -0.2) is 17.4 Å². The number of hydrogen-bond acceptors (Lipinski definition) is 1. The van der Waals surface area contributed by atoms with Crippen molar-refractivity contribution in [3.05, 3.63) is 70.4 Å². The number of amides is 1. The number of aromatic nitrogens is 1. The first-order valence-corrected chi connectivity index (χ1v) is 8.58. The predicted molar refractivity (Wildman–Crippen MR) is 97.7 cm³/mol. The van der Waals surface area contributed by atoms with Crippen molar-refractivity contribution in [2.45, 2.75) is 25.2 Å². The zero-order chi connectivity index (χ0) is 16.7. The van der Waals surface area contributed by atoms with Gasteiger partial charge in [0.1, 0.15) is 0 Å². The third-order valence-electron chi connectivity index (χ3n) is 4.95. The molecule has 1 aliphatic carbocycles. The average Bonchev–Trinajstić information content (AvgIpc) is 3.27. The molecule has 24 heavy (non-hydrogen) atoms. The van der Waals surface area contributed by atoms with E-state index < -0.39 is 0 Å². The SMILES string of the molecule is Cc1[nH]c2ccccc2c1C1(CNC(=O)c2cccc(Cl)c2)CC1. The fourth-order valence-corrected chi connectivity index (χ4v) is 3.80. The highest BCUT2D eigenvalue weighted by Crippen LogP contribution is 2.51. The molecule has 1 fully saturated rings. The van der Waals surface area contributed by atoms with Crippen LogP contribution in [0.4, 0.5) is 0 Å². The van der Waals surface area contributed by atoms with Gasteiger partial charge in [0.15, 0.2) is 0 Å². The number of para-hydroxylation sites is 1. The fraction of sp³-hybridized carbons (Fsp3) is 0.250. The van der Waals surface area contributed by atoms with Crippen molar-refractivity contribution in [3.8, 4) is 0 Å². The van der Waals surface area contributed by atoms with Gasteiger partial charge in [-0.25, -0.2) is 0 Å². The summed E-state index contributed by atoms with van der Waals surface area (Å²) in [5.41, 5.74) is 4.37. The second-order valence-electron chi connectivity index (χ2n) is 6.64. The van der Waals surface area contributed by atoms with Crippen molar-refractivity contribution in [3.63, 3.8) is 0 Å². The Morgan fingerprint density at radius 2 is 2.00 bits per heavy atom. The quantitative estimate of drug-likeness (QED) is 0.718. The van der Waals surface area contributed by atoms with Crippen molar-refractivity contribution in [2.24, 2.45) is 0 Å². The van der Waals surface area contributed by atoms with Gasteiger partial charge >= 0.3 is 0 Å². The van der Waals surface area contributed by atoms with Crippen molar-refractivity contribution >= 4 is 28.4 Å². The number of carbonyl (C=O) groups is 1. The maximum Gasteiger partial charge on any atom is 0.251 e. The first kappa shape index (κ1) is 15.3. The Morgan fingerprint density at radius 1 is 1.21 bits per heavy atom. The number of H-pyrrole nitrogens is 1. The van der Waals surface area contributed by atoms with E-state index in [1.807, 2.05) is 6.07 Å². The second-order valence-corrected chi connectivity index (χ2v) is 7.08. The molecule has 0 aliphatic heterocycles.